The molecular formula is C14H17FN2O. The molecule has 1 unspecified atom stereocenters. The van der Waals surface area contributed by atoms with E-state index in [2.05, 4.69) is 5.10 Å². The van der Waals surface area contributed by atoms with Crippen LogP contribution in [0.2, 0.25) is 0 Å². The summed E-state index contributed by atoms with van der Waals surface area (Å²) in [6.45, 7) is 4.39. The van der Waals surface area contributed by atoms with Crippen molar-refractivity contribution in [3.05, 3.63) is 53.6 Å². The second kappa shape index (κ2) is 4.90. The van der Waals surface area contributed by atoms with Crippen LogP contribution >= 0.6 is 0 Å². The van der Waals surface area contributed by atoms with Gasteiger partial charge in [0, 0.05) is 24.7 Å². The molecule has 0 fully saturated rings. The minimum absolute atomic E-state index is 0.314. The van der Waals surface area contributed by atoms with Gasteiger partial charge in [0.05, 0.1) is 11.8 Å². The molecular weight excluding hydrogens is 231 g/mol. The molecule has 18 heavy (non-hydrogen) atoms. The summed E-state index contributed by atoms with van der Waals surface area (Å²) in [5.74, 6) is -0.384. The Balaban J connectivity index is 2.24. The smallest absolute Gasteiger partial charge is 0.129 e. The van der Waals surface area contributed by atoms with Crippen molar-refractivity contribution in [2.75, 3.05) is 0 Å². The van der Waals surface area contributed by atoms with Gasteiger partial charge in [0.1, 0.15) is 5.82 Å². The first-order valence-electron chi connectivity index (χ1n) is 6.01. The molecule has 0 saturated carbocycles. The third-order valence-electron chi connectivity index (χ3n) is 3.01. The molecule has 0 saturated heterocycles. The van der Waals surface area contributed by atoms with Gasteiger partial charge < -0.3 is 5.11 Å². The lowest BCUT2D eigenvalue weighted by molar-refractivity contribution is 0.0538. The molecule has 1 aromatic heterocycles. The van der Waals surface area contributed by atoms with Crippen LogP contribution in [0.3, 0.4) is 0 Å². The largest absolute Gasteiger partial charge is 0.385 e. The number of halogens is 1. The summed E-state index contributed by atoms with van der Waals surface area (Å²) in [4.78, 5) is 0. The summed E-state index contributed by atoms with van der Waals surface area (Å²) < 4.78 is 15.5. The lowest BCUT2D eigenvalue weighted by Crippen LogP contribution is -2.25. The molecule has 0 radical (unpaired) electrons. The van der Waals surface area contributed by atoms with Crippen LogP contribution in [0.15, 0.2) is 36.7 Å². The highest BCUT2D eigenvalue weighted by Crippen LogP contribution is 2.27. The maximum Gasteiger partial charge on any atom is 0.129 e. The monoisotopic (exact) mass is 248 g/mol. The Kier molecular flexibility index (Phi) is 3.48. The number of hydrogen-bond donors (Lipinski definition) is 1. The summed E-state index contributed by atoms with van der Waals surface area (Å²) in [6.07, 6.45) is 3.92. The number of aliphatic hydroxyl groups is 1. The van der Waals surface area contributed by atoms with Crippen molar-refractivity contribution >= 4 is 0 Å². The van der Waals surface area contributed by atoms with Gasteiger partial charge in [0.2, 0.25) is 0 Å². The Morgan fingerprint density at radius 3 is 2.72 bits per heavy atom. The first-order chi connectivity index (χ1) is 8.53. The zero-order valence-electron chi connectivity index (χ0n) is 10.6. The fourth-order valence-corrected chi connectivity index (χ4v) is 2.06. The minimum atomic E-state index is -1.23. The molecule has 0 aliphatic heterocycles. The Bertz CT molecular complexity index is 534. The van der Waals surface area contributed by atoms with Crippen molar-refractivity contribution in [2.24, 2.45) is 0 Å². The molecule has 0 aliphatic rings. The molecule has 1 heterocycles. The molecule has 96 valence electrons. The quantitative estimate of drug-likeness (QED) is 0.902. The Morgan fingerprint density at radius 2 is 2.11 bits per heavy atom. The van der Waals surface area contributed by atoms with Crippen LogP contribution in [0, 0.1) is 5.82 Å². The average Bonchev–Trinajstić information content (AvgIpc) is 2.76. The first-order valence-corrected chi connectivity index (χ1v) is 6.01. The van der Waals surface area contributed by atoms with E-state index in [1.165, 1.54) is 6.07 Å². The lowest BCUT2D eigenvalue weighted by atomic mass is 9.90. The van der Waals surface area contributed by atoms with Gasteiger partial charge in [-0.25, -0.2) is 4.39 Å². The van der Waals surface area contributed by atoms with Crippen LogP contribution in [0.1, 0.15) is 25.0 Å². The number of hydrogen-bond acceptors (Lipinski definition) is 2. The minimum Gasteiger partial charge on any atom is -0.385 e. The molecule has 1 atom stereocenters. The van der Waals surface area contributed by atoms with Gasteiger partial charge in [-0.2, -0.15) is 5.10 Å². The number of aromatic nitrogens is 2. The van der Waals surface area contributed by atoms with E-state index in [0.29, 0.717) is 12.0 Å². The number of nitrogens with zero attached hydrogens (tertiary/aromatic N) is 2. The molecule has 2 rings (SSSR count). The van der Waals surface area contributed by atoms with Gasteiger partial charge in [0.15, 0.2) is 0 Å². The maximum absolute atomic E-state index is 13.7. The summed E-state index contributed by atoms with van der Waals surface area (Å²) in [5.41, 5.74) is -0.0215. The fraction of sp³-hybridized carbons (Fsp3) is 0.357. The van der Waals surface area contributed by atoms with Gasteiger partial charge in [-0.05, 0) is 25.5 Å². The molecule has 0 spiro atoms. The summed E-state index contributed by atoms with van der Waals surface area (Å²) in [6, 6.07) is 6.31. The molecule has 2 aromatic rings. The number of benzene rings is 1. The fourth-order valence-electron chi connectivity index (χ4n) is 2.06. The highest BCUT2D eigenvalue weighted by molar-refractivity contribution is 5.26. The highest BCUT2D eigenvalue weighted by atomic mass is 19.1. The topological polar surface area (TPSA) is 38.0 Å². The van der Waals surface area contributed by atoms with Crippen LogP contribution in [0.5, 0.6) is 0 Å². The molecule has 3 nitrogen and oxygen atoms in total. The van der Waals surface area contributed by atoms with Crippen LogP contribution in [0.25, 0.3) is 0 Å². The van der Waals surface area contributed by atoms with Crippen molar-refractivity contribution in [1.29, 1.82) is 0 Å². The predicted molar refractivity (Wildman–Crippen MR) is 67.6 cm³/mol. The summed E-state index contributed by atoms with van der Waals surface area (Å²) >= 11 is 0. The van der Waals surface area contributed by atoms with Crippen molar-refractivity contribution in [3.63, 3.8) is 0 Å². The third-order valence-corrected chi connectivity index (χ3v) is 3.01. The Morgan fingerprint density at radius 1 is 1.39 bits per heavy atom. The normalized spacial score (nSPS) is 14.4. The zero-order valence-corrected chi connectivity index (χ0v) is 10.6. The van der Waals surface area contributed by atoms with Crippen molar-refractivity contribution < 1.29 is 9.50 Å². The number of rotatable bonds is 4. The van der Waals surface area contributed by atoms with E-state index in [1.807, 2.05) is 13.1 Å². The van der Waals surface area contributed by atoms with Gasteiger partial charge in [-0.15, -0.1) is 0 Å². The second-order valence-electron chi connectivity index (χ2n) is 4.63. The van der Waals surface area contributed by atoms with Crippen molar-refractivity contribution in [2.45, 2.75) is 32.4 Å². The van der Waals surface area contributed by atoms with Gasteiger partial charge in [-0.1, -0.05) is 18.2 Å². The van der Waals surface area contributed by atoms with Gasteiger partial charge in [-0.3, -0.25) is 4.68 Å². The van der Waals surface area contributed by atoms with E-state index >= 15 is 0 Å². The standard InChI is InChI=1S/C14H17FN2O/c1-3-17-10-11(9-16-17)8-14(2,18)12-6-4-5-7-13(12)15/h4-7,9-10,18H,3,8H2,1-2H3. The van der Waals surface area contributed by atoms with Crippen molar-refractivity contribution in [3.8, 4) is 0 Å². The molecule has 0 amide bonds. The molecule has 0 bridgehead atoms. The average molecular weight is 248 g/mol. The van der Waals surface area contributed by atoms with E-state index in [-0.39, 0.29) is 5.82 Å². The Hall–Kier alpha value is -1.68. The van der Waals surface area contributed by atoms with Crippen LogP contribution in [-0.2, 0) is 18.6 Å². The van der Waals surface area contributed by atoms with E-state index in [9.17, 15) is 9.50 Å². The number of aryl methyl sites for hydroxylation is 1. The van der Waals surface area contributed by atoms with Crippen LogP contribution in [-0.4, -0.2) is 14.9 Å². The van der Waals surface area contributed by atoms with Gasteiger partial charge in [0.25, 0.3) is 0 Å². The lowest BCUT2D eigenvalue weighted by Gasteiger charge is -2.23. The maximum atomic E-state index is 13.7. The van der Waals surface area contributed by atoms with Gasteiger partial charge >= 0.3 is 0 Å². The van der Waals surface area contributed by atoms with E-state index in [1.54, 1.807) is 36.0 Å². The molecule has 4 heteroatoms. The van der Waals surface area contributed by atoms with E-state index in [4.69, 9.17) is 0 Å². The molecule has 0 aliphatic carbocycles. The summed E-state index contributed by atoms with van der Waals surface area (Å²) in [7, 11) is 0. The zero-order chi connectivity index (χ0) is 13.2. The van der Waals surface area contributed by atoms with Crippen molar-refractivity contribution in [1.82, 2.24) is 9.78 Å². The van der Waals surface area contributed by atoms with Crippen LogP contribution in [0.4, 0.5) is 4.39 Å². The predicted octanol–water partition coefficient (Wildman–Crippen LogP) is 2.49. The first kappa shape index (κ1) is 12.8. The van der Waals surface area contributed by atoms with E-state index in [0.717, 1.165) is 12.1 Å². The SMILES string of the molecule is CCn1cc(CC(C)(O)c2ccccc2F)cn1. The Labute approximate surface area is 106 Å². The molecule has 1 N–H and O–H groups in total. The van der Waals surface area contributed by atoms with E-state index < -0.39 is 5.60 Å². The van der Waals surface area contributed by atoms with Crippen LogP contribution < -0.4 is 0 Å². The molecule has 1 aromatic carbocycles. The summed E-state index contributed by atoms with van der Waals surface area (Å²) in [5, 5.41) is 14.6. The second-order valence-corrected chi connectivity index (χ2v) is 4.63. The highest BCUT2D eigenvalue weighted by Gasteiger charge is 2.27. The third kappa shape index (κ3) is 2.59.